The molecule has 0 radical (unpaired) electrons. The van der Waals surface area contributed by atoms with Crippen LogP contribution < -0.4 is 9.47 Å². The number of carbonyl (C=O) groups is 1. The van der Waals surface area contributed by atoms with Crippen molar-refractivity contribution in [2.45, 2.75) is 12.5 Å². The Hall–Kier alpha value is -3.54. The summed E-state index contributed by atoms with van der Waals surface area (Å²) in [6.07, 6.45) is 2.15. The first kappa shape index (κ1) is 17.9. The van der Waals surface area contributed by atoms with Gasteiger partial charge in [0.1, 0.15) is 23.0 Å². The summed E-state index contributed by atoms with van der Waals surface area (Å²) < 4.78 is 16.1. The predicted molar refractivity (Wildman–Crippen MR) is 105 cm³/mol. The quantitative estimate of drug-likeness (QED) is 0.666. The molecule has 0 N–H and O–H groups in total. The van der Waals surface area contributed by atoms with Gasteiger partial charge in [-0.15, -0.1) is 0 Å². The van der Waals surface area contributed by atoms with Gasteiger partial charge >= 0.3 is 0 Å². The minimum atomic E-state index is -0.256. The zero-order valence-corrected chi connectivity index (χ0v) is 15.7. The van der Waals surface area contributed by atoms with Gasteiger partial charge in [0.15, 0.2) is 0 Å². The maximum absolute atomic E-state index is 13.3. The van der Waals surface area contributed by atoms with Crippen LogP contribution in [0.1, 0.15) is 34.1 Å². The molecule has 1 aliphatic heterocycles. The Morgan fingerprint density at radius 3 is 2.50 bits per heavy atom. The lowest BCUT2D eigenvalue weighted by Gasteiger charge is -2.22. The van der Waals surface area contributed by atoms with Crippen LogP contribution in [0, 0.1) is 0 Å². The first-order valence-corrected chi connectivity index (χ1v) is 8.92. The summed E-state index contributed by atoms with van der Waals surface area (Å²) in [6.45, 7) is 0. The highest BCUT2D eigenvalue weighted by Crippen LogP contribution is 2.35. The summed E-state index contributed by atoms with van der Waals surface area (Å²) in [5.74, 6) is 1.82. The molecule has 28 heavy (non-hydrogen) atoms. The molecule has 1 unspecified atom stereocenters. The van der Waals surface area contributed by atoms with Gasteiger partial charge in [-0.2, -0.15) is 5.10 Å². The van der Waals surface area contributed by atoms with Crippen molar-refractivity contribution in [1.29, 1.82) is 0 Å². The van der Waals surface area contributed by atoms with Crippen molar-refractivity contribution in [2.24, 2.45) is 5.10 Å². The van der Waals surface area contributed by atoms with E-state index < -0.39 is 0 Å². The van der Waals surface area contributed by atoms with Crippen LogP contribution in [0.15, 0.2) is 76.4 Å². The molecule has 0 aliphatic carbocycles. The normalized spacial score (nSPS) is 16.0. The van der Waals surface area contributed by atoms with Crippen LogP contribution in [-0.4, -0.2) is 30.8 Å². The zero-order chi connectivity index (χ0) is 19.5. The third kappa shape index (κ3) is 3.36. The second kappa shape index (κ2) is 7.60. The van der Waals surface area contributed by atoms with Gasteiger partial charge in [0.2, 0.25) is 0 Å². The van der Waals surface area contributed by atoms with Crippen molar-refractivity contribution in [3.63, 3.8) is 0 Å². The van der Waals surface area contributed by atoms with E-state index in [4.69, 9.17) is 13.9 Å². The van der Waals surface area contributed by atoms with E-state index in [1.54, 1.807) is 44.7 Å². The number of carbonyl (C=O) groups excluding carboxylic acids is 1. The minimum Gasteiger partial charge on any atom is -0.497 e. The Morgan fingerprint density at radius 2 is 1.79 bits per heavy atom. The number of furan rings is 1. The van der Waals surface area contributed by atoms with E-state index in [0.717, 1.165) is 17.0 Å². The molecule has 2 heterocycles. The van der Waals surface area contributed by atoms with Crippen molar-refractivity contribution >= 4 is 11.6 Å². The second-order valence-corrected chi connectivity index (χ2v) is 6.40. The molecule has 0 saturated carbocycles. The number of hydrazone groups is 1. The van der Waals surface area contributed by atoms with E-state index in [2.05, 4.69) is 5.10 Å². The number of ether oxygens (including phenoxy) is 2. The summed E-state index contributed by atoms with van der Waals surface area (Å²) in [5, 5.41) is 6.12. The topological polar surface area (TPSA) is 64.3 Å². The van der Waals surface area contributed by atoms with E-state index in [9.17, 15) is 4.79 Å². The number of methoxy groups -OCH3 is 2. The molecule has 1 aliphatic rings. The fourth-order valence-electron chi connectivity index (χ4n) is 3.29. The standard InChI is InChI=1S/C22H20N2O4/c1-26-17-8-3-6-15(12-17)20-14-19(21-10-5-11-28-21)23-24(20)22(25)16-7-4-9-18(13-16)27-2/h3-13,20H,14H2,1-2H3. The molecule has 2 aromatic carbocycles. The summed E-state index contributed by atoms with van der Waals surface area (Å²) in [6, 6.07) is 18.2. The van der Waals surface area contributed by atoms with Crippen LogP contribution in [0.5, 0.6) is 11.5 Å². The number of nitrogens with zero attached hydrogens (tertiary/aromatic N) is 2. The lowest BCUT2D eigenvalue weighted by molar-refractivity contribution is 0.0710. The largest absolute Gasteiger partial charge is 0.497 e. The van der Waals surface area contributed by atoms with Gasteiger partial charge < -0.3 is 13.9 Å². The molecular weight excluding hydrogens is 356 g/mol. The average molecular weight is 376 g/mol. The molecule has 1 aromatic heterocycles. The van der Waals surface area contributed by atoms with Gasteiger partial charge in [-0.05, 0) is 48.0 Å². The highest BCUT2D eigenvalue weighted by atomic mass is 16.5. The van der Waals surface area contributed by atoms with Crippen LogP contribution in [0.3, 0.4) is 0 Å². The number of hydrogen-bond donors (Lipinski definition) is 0. The van der Waals surface area contributed by atoms with Gasteiger partial charge in [-0.1, -0.05) is 18.2 Å². The van der Waals surface area contributed by atoms with Crippen LogP contribution in [0.4, 0.5) is 0 Å². The minimum absolute atomic E-state index is 0.201. The number of benzene rings is 2. The van der Waals surface area contributed by atoms with E-state index in [1.807, 2.05) is 36.4 Å². The Bertz CT molecular complexity index is 1010. The SMILES string of the molecule is COc1cccc(C(=O)N2N=C(c3ccco3)CC2c2cccc(OC)c2)c1. The molecule has 0 spiro atoms. The molecule has 3 aromatic rings. The first-order valence-electron chi connectivity index (χ1n) is 8.92. The maximum atomic E-state index is 13.3. The molecule has 0 saturated heterocycles. The molecule has 0 fully saturated rings. The molecule has 1 amide bonds. The second-order valence-electron chi connectivity index (χ2n) is 6.40. The van der Waals surface area contributed by atoms with E-state index in [-0.39, 0.29) is 11.9 Å². The van der Waals surface area contributed by atoms with Crippen LogP contribution >= 0.6 is 0 Å². The summed E-state index contributed by atoms with van der Waals surface area (Å²) in [4.78, 5) is 13.3. The van der Waals surface area contributed by atoms with Crippen molar-refractivity contribution < 1.29 is 18.7 Å². The van der Waals surface area contributed by atoms with E-state index >= 15 is 0 Å². The van der Waals surface area contributed by atoms with Crippen molar-refractivity contribution in [3.05, 3.63) is 83.8 Å². The molecule has 6 nitrogen and oxygen atoms in total. The van der Waals surface area contributed by atoms with Gasteiger partial charge in [-0.25, -0.2) is 5.01 Å². The fraction of sp³-hybridized carbons (Fsp3) is 0.182. The highest BCUT2D eigenvalue weighted by Gasteiger charge is 2.34. The summed E-state index contributed by atoms with van der Waals surface area (Å²) in [7, 11) is 3.20. The Labute approximate surface area is 163 Å². The third-order valence-electron chi connectivity index (χ3n) is 4.72. The first-order chi connectivity index (χ1) is 13.7. The van der Waals surface area contributed by atoms with E-state index in [1.165, 1.54) is 5.01 Å². The predicted octanol–water partition coefficient (Wildman–Crippen LogP) is 4.29. The van der Waals surface area contributed by atoms with Crippen LogP contribution in [0.25, 0.3) is 0 Å². The fourth-order valence-corrected chi connectivity index (χ4v) is 3.29. The van der Waals surface area contributed by atoms with Crippen LogP contribution in [0.2, 0.25) is 0 Å². The van der Waals surface area contributed by atoms with Crippen molar-refractivity contribution in [3.8, 4) is 11.5 Å². The molecule has 4 rings (SSSR count). The average Bonchev–Trinajstić information content (AvgIpc) is 3.43. The van der Waals surface area contributed by atoms with Gasteiger partial charge in [-0.3, -0.25) is 4.79 Å². The molecule has 142 valence electrons. The third-order valence-corrected chi connectivity index (χ3v) is 4.72. The van der Waals surface area contributed by atoms with Gasteiger partial charge in [0, 0.05) is 12.0 Å². The number of hydrogen-bond acceptors (Lipinski definition) is 5. The molecular formula is C22H20N2O4. The smallest absolute Gasteiger partial charge is 0.274 e. The monoisotopic (exact) mass is 376 g/mol. The molecule has 6 heteroatoms. The Morgan fingerprint density at radius 1 is 1.04 bits per heavy atom. The van der Waals surface area contributed by atoms with Gasteiger partial charge in [0.25, 0.3) is 5.91 Å². The summed E-state index contributed by atoms with van der Waals surface area (Å²) in [5.41, 5.74) is 2.19. The Kier molecular flexibility index (Phi) is 4.85. The number of amides is 1. The zero-order valence-electron chi connectivity index (χ0n) is 15.7. The summed E-state index contributed by atoms with van der Waals surface area (Å²) >= 11 is 0. The lowest BCUT2D eigenvalue weighted by atomic mass is 10.00. The highest BCUT2D eigenvalue weighted by molar-refractivity contribution is 6.03. The van der Waals surface area contributed by atoms with E-state index in [0.29, 0.717) is 23.5 Å². The number of rotatable bonds is 5. The molecule has 1 atom stereocenters. The van der Waals surface area contributed by atoms with Gasteiger partial charge in [0.05, 0.1) is 26.5 Å². The van der Waals surface area contributed by atoms with Crippen molar-refractivity contribution in [1.82, 2.24) is 5.01 Å². The molecule has 0 bridgehead atoms. The lowest BCUT2D eigenvalue weighted by Crippen LogP contribution is -2.27. The Balaban J connectivity index is 1.73. The van der Waals surface area contributed by atoms with Crippen molar-refractivity contribution in [2.75, 3.05) is 14.2 Å². The maximum Gasteiger partial charge on any atom is 0.274 e. The van der Waals surface area contributed by atoms with Crippen LogP contribution in [-0.2, 0) is 0 Å².